The van der Waals surface area contributed by atoms with Crippen molar-refractivity contribution in [1.82, 2.24) is 10.2 Å². The van der Waals surface area contributed by atoms with Crippen LogP contribution in [0.15, 0.2) is 0 Å². The highest BCUT2D eigenvalue weighted by molar-refractivity contribution is 4.73. The van der Waals surface area contributed by atoms with Gasteiger partial charge in [-0.15, -0.1) is 0 Å². The van der Waals surface area contributed by atoms with E-state index in [-0.39, 0.29) is 0 Å². The zero-order valence-electron chi connectivity index (χ0n) is 12.0. The second-order valence-corrected chi connectivity index (χ2v) is 6.03. The number of ether oxygens (including phenoxy) is 1. The number of rotatable bonds is 6. The molecule has 1 N–H and O–H groups in total. The average molecular weight is 254 g/mol. The minimum absolute atomic E-state index is 0.746. The summed E-state index contributed by atoms with van der Waals surface area (Å²) in [5.74, 6) is 0.951. The fourth-order valence-corrected chi connectivity index (χ4v) is 3.26. The zero-order chi connectivity index (χ0) is 12.6. The number of nitrogens with zero attached hydrogens (tertiary/aromatic N) is 1. The van der Waals surface area contributed by atoms with Crippen LogP contribution in [0.2, 0.25) is 0 Å². The van der Waals surface area contributed by atoms with Crippen LogP contribution < -0.4 is 5.32 Å². The first-order chi connectivity index (χ1) is 8.86. The Bertz CT molecular complexity index is 211. The molecule has 0 aromatic carbocycles. The lowest BCUT2D eigenvalue weighted by Crippen LogP contribution is -2.41. The van der Waals surface area contributed by atoms with E-state index in [0.717, 1.165) is 31.7 Å². The molecule has 3 nitrogen and oxygen atoms in total. The Hall–Kier alpha value is -0.120. The third-order valence-electron chi connectivity index (χ3n) is 4.61. The highest BCUT2D eigenvalue weighted by atomic mass is 16.5. The molecule has 0 amide bonds. The van der Waals surface area contributed by atoms with Crippen LogP contribution in [0.25, 0.3) is 0 Å². The second-order valence-electron chi connectivity index (χ2n) is 6.03. The highest BCUT2D eigenvalue weighted by Gasteiger charge is 2.18. The van der Waals surface area contributed by atoms with Gasteiger partial charge in [-0.2, -0.15) is 0 Å². The van der Waals surface area contributed by atoms with Crippen molar-refractivity contribution in [2.75, 3.05) is 39.9 Å². The van der Waals surface area contributed by atoms with Crippen LogP contribution in [0.1, 0.15) is 44.9 Å². The summed E-state index contributed by atoms with van der Waals surface area (Å²) in [5.41, 5.74) is 0. The van der Waals surface area contributed by atoms with Gasteiger partial charge in [0.25, 0.3) is 0 Å². The summed E-state index contributed by atoms with van der Waals surface area (Å²) < 4.78 is 5.41. The molecule has 0 unspecified atom stereocenters. The van der Waals surface area contributed by atoms with Crippen LogP contribution >= 0.6 is 0 Å². The molecule has 1 aliphatic heterocycles. The Morgan fingerprint density at radius 3 is 2.50 bits per heavy atom. The molecular weight excluding hydrogens is 224 g/mol. The van der Waals surface area contributed by atoms with Crippen LogP contribution in [0, 0.1) is 5.92 Å². The number of hydrogen-bond donors (Lipinski definition) is 1. The van der Waals surface area contributed by atoms with E-state index < -0.39 is 0 Å². The number of likely N-dealkylation sites (N-methyl/N-ethyl adjacent to an activating group) is 1. The molecule has 0 bridgehead atoms. The Morgan fingerprint density at radius 1 is 1.06 bits per heavy atom. The van der Waals surface area contributed by atoms with E-state index >= 15 is 0 Å². The first kappa shape index (κ1) is 14.3. The Balaban J connectivity index is 1.51. The zero-order valence-corrected chi connectivity index (χ0v) is 12.0. The van der Waals surface area contributed by atoms with Gasteiger partial charge in [0.05, 0.1) is 0 Å². The average Bonchev–Trinajstić information content (AvgIpc) is 2.45. The van der Waals surface area contributed by atoms with Crippen molar-refractivity contribution in [2.24, 2.45) is 5.92 Å². The summed E-state index contributed by atoms with van der Waals surface area (Å²) in [5, 5.41) is 3.65. The topological polar surface area (TPSA) is 24.5 Å². The lowest BCUT2D eigenvalue weighted by atomic mass is 9.89. The lowest BCUT2D eigenvalue weighted by Gasteiger charge is -2.31. The summed E-state index contributed by atoms with van der Waals surface area (Å²) >= 11 is 0. The second kappa shape index (κ2) is 8.13. The number of hydrogen-bond acceptors (Lipinski definition) is 3. The van der Waals surface area contributed by atoms with E-state index in [2.05, 4.69) is 17.3 Å². The van der Waals surface area contributed by atoms with Gasteiger partial charge >= 0.3 is 0 Å². The first-order valence-corrected chi connectivity index (χ1v) is 7.85. The third-order valence-corrected chi connectivity index (χ3v) is 4.61. The standard InChI is InChI=1S/C15H30N2O/c1-17(15-7-11-18-12-8-15)10-9-16-13-14-5-3-2-4-6-14/h14-16H,2-13H2,1H3. The molecule has 0 spiro atoms. The maximum absolute atomic E-state index is 5.41. The Kier molecular flexibility index (Phi) is 6.46. The third kappa shape index (κ3) is 4.87. The van der Waals surface area contributed by atoms with Gasteiger partial charge in [-0.1, -0.05) is 19.3 Å². The molecule has 0 atom stereocenters. The summed E-state index contributed by atoms with van der Waals surface area (Å²) in [6.45, 7) is 5.46. The molecular formula is C15H30N2O. The van der Waals surface area contributed by atoms with Gasteiger partial charge in [0, 0.05) is 32.3 Å². The van der Waals surface area contributed by atoms with Crippen molar-refractivity contribution in [3.63, 3.8) is 0 Å². The normalized spacial score (nSPS) is 23.7. The Morgan fingerprint density at radius 2 is 1.78 bits per heavy atom. The lowest BCUT2D eigenvalue weighted by molar-refractivity contribution is 0.0433. The molecule has 106 valence electrons. The fraction of sp³-hybridized carbons (Fsp3) is 1.00. The summed E-state index contributed by atoms with van der Waals surface area (Å²) in [6.07, 6.45) is 9.68. The molecule has 1 saturated heterocycles. The maximum Gasteiger partial charge on any atom is 0.0480 e. The molecule has 3 heteroatoms. The van der Waals surface area contributed by atoms with Gasteiger partial charge in [-0.05, 0) is 45.2 Å². The van der Waals surface area contributed by atoms with Gasteiger partial charge in [-0.3, -0.25) is 0 Å². The van der Waals surface area contributed by atoms with E-state index in [1.54, 1.807) is 0 Å². The largest absolute Gasteiger partial charge is 0.381 e. The smallest absolute Gasteiger partial charge is 0.0480 e. The van der Waals surface area contributed by atoms with Crippen molar-refractivity contribution < 1.29 is 4.74 Å². The van der Waals surface area contributed by atoms with Crippen molar-refractivity contribution in [2.45, 2.75) is 51.0 Å². The van der Waals surface area contributed by atoms with Crippen LogP contribution in [-0.2, 0) is 4.74 Å². The molecule has 2 rings (SSSR count). The van der Waals surface area contributed by atoms with Crippen molar-refractivity contribution in [3.8, 4) is 0 Å². The molecule has 2 aliphatic rings. The molecule has 18 heavy (non-hydrogen) atoms. The number of nitrogens with one attached hydrogen (secondary N) is 1. The van der Waals surface area contributed by atoms with Crippen molar-refractivity contribution in [1.29, 1.82) is 0 Å². The quantitative estimate of drug-likeness (QED) is 0.736. The molecule has 2 fully saturated rings. The van der Waals surface area contributed by atoms with E-state index in [4.69, 9.17) is 4.74 Å². The van der Waals surface area contributed by atoms with Crippen LogP contribution in [0.4, 0.5) is 0 Å². The van der Waals surface area contributed by atoms with Gasteiger partial charge in [0.2, 0.25) is 0 Å². The van der Waals surface area contributed by atoms with E-state index in [1.807, 2.05) is 0 Å². The first-order valence-electron chi connectivity index (χ1n) is 7.85. The highest BCUT2D eigenvalue weighted by Crippen LogP contribution is 2.22. The fourth-order valence-electron chi connectivity index (χ4n) is 3.26. The van der Waals surface area contributed by atoms with Gasteiger partial charge in [-0.25, -0.2) is 0 Å². The molecule has 0 radical (unpaired) electrons. The van der Waals surface area contributed by atoms with Crippen LogP contribution in [0.3, 0.4) is 0 Å². The SMILES string of the molecule is CN(CCNCC1CCCCC1)C1CCOCC1. The van der Waals surface area contributed by atoms with Crippen LogP contribution in [0.5, 0.6) is 0 Å². The molecule has 1 aliphatic carbocycles. The molecule has 1 saturated carbocycles. The Labute approximate surface area is 112 Å². The van der Waals surface area contributed by atoms with Crippen molar-refractivity contribution in [3.05, 3.63) is 0 Å². The van der Waals surface area contributed by atoms with E-state index in [9.17, 15) is 0 Å². The van der Waals surface area contributed by atoms with Gasteiger partial charge in [0.1, 0.15) is 0 Å². The summed E-state index contributed by atoms with van der Waals surface area (Å²) in [7, 11) is 2.26. The summed E-state index contributed by atoms with van der Waals surface area (Å²) in [4.78, 5) is 2.51. The van der Waals surface area contributed by atoms with E-state index in [0.29, 0.717) is 0 Å². The van der Waals surface area contributed by atoms with Gasteiger partial charge in [0.15, 0.2) is 0 Å². The minimum Gasteiger partial charge on any atom is -0.381 e. The summed E-state index contributed by atoms with van der Waals surface area (Å²) in [6, 6.07) is 0.746. The maximum atomic E-state index is 5.41. The molecule has 0 aromatic rings. The molecule has 0 aromatic heterocycles. The minimum atomic E-state index is 0.746. The van der Waals surface area contributed by atoms with Crippen LogP contribution in [-0.4, -0.2) is 50.8 Å². The molecule has 1 heterocycles. The predicted molar refractivity (Wildman–Crippen MR) is 75.9 cm³/mol. The predicted octanol–water partition coefficient (Wildman–Crippen LogP) is 2.27. The van der Waals surface area contributed by atoms with Gasteiger partial charge < -0.3 is 15.0 Å². The van der Waals surface area contributed by atoms with Crippen molar-refractivity contribution >= 4 is 0 Å². The van der Waals surface area contributed by atoms with E-state index in [1.165, 1.54) is 58.0 Å². The monoisotopic (exact) mass is 254 g/mol.